The highest BCUT2D eigenvalue weighted by molar-refractivity contribution is 5.75. The highest BCUT2D eigenvalue weighted by Crippen LogP contribution is 2.11. The lowest BCUT2D eigenvalue weighted by Crippen LogP contribution is -2.51. The van der Waals surface area contributed by atoms with Crippen LogP contribution in [0.3, 0.4) is 0 Å². The minimum Gasteiger partial charge on any atom is -0.352 e. The van der Waals surface area contributed by atoms with E-state index >= 15 is 0 Å². The molecule has 0 radical (unpaired) electrons. The zero-order valence-electron chi connectivity index (χ0n) is 14.3. The van der Waals surface area contributed by atoms with Gasteiger partial charge in [-0.05, 0) is 36.6 Å². The zero-order chi connectivity index (χ0) is 17.6. The van der Waals surface area contributed by atoms with Crippen LogP contribution in [-0.4, -0.2) is 45.8 Å². The number of benzene rings is 1. The standard InChI is InChI=1S/C18H23N5O2/c1-14(24)21-16-4-2-10-22(13-16)18(25)19-12-15-5-7-17(8-6-15)23-11-3-9-20-23/h3,5-9,11,16H,2,4,10,12-13H2,1H3,(H,19,25)(H,21,24)/t16-/m1/s1. The lowest BCUT2D eigenvalue weighted by Gasteiger charge is -2.33. The van der Waals surface area contributed by atoms with Crippen molar-refractivity contribution in [2.75, 3.05) is 13.1 Å². The lowest BCUT2D eigenvalue weighted by molar-refractivity contribution is -0.119. The summed E-state index contributed by atoms with van der Waals surface area (Å²) >= 11 is 0. The second-order valence-electron chi connectivity index (χ2n) is 6.26. The summed E-state index contributed by atoms with van der Waals surface area (Å²) in [5.41, 5.74) is 2.01. The first-order chi connectivity index (χ1) is 12.1. The molecule has 1 saturated heterocycles. The van der Waals surface area contributed by atoms with Crippen molar-refractivity contribution in [2.45, 2.75) is 32.4 Å². The number of piperidine rings is 1. The van der Waals surface area contributed by atoms with Crippen LogP contribution >= 0.6 is 0 Å². The van der Waals surface area contributed by atoms with Crippen molar-refractivity contribution < 1.29 is 9.59 Å². The fraction of sp³-hybridized carbons (Fsp3) is 0.389. The molecular formula is C18H23N5O2. The Morgan fingerprint density at radius 2 is 2.08 bits per heavy atom. The molecule has 1 aromatic carbocycles. The first-order valence-electron chi connectivity index (χ1n) is 8.50. The van der Waals surface area contributed by atoms with Crippen molar-refractivity contribution in [3.05, 3.63) is 48.3 Å². The molecule has 1 aliphatic rings. The van der Waals surface area contributed by atoms with Crippen LogP contribution in [0.25, 0.3) is 5.69 Å². The number of hydrogen-bond donors (Lipinski definition) is 2. The maximum Gasteiger partial charge on any atom is 0.317 e. The zero-order valence-corrected chi connectivity index (χ0v) is 14.3. The van der Waals surface area contributed by atoms with Crippen molar-refractivity contribution >= 4 is 11.9 Å². The van der Waals surface area contributed by atoms with E-state index in [-0.39, 0.29) is 18.0 Å². The Kier molecular flexibility index (Phi) is 5.33. The quantitative estimate of drug-likeness (QED) is 0.888. The van der Waals surface area contributed by atoms with E-state index in [2.05, 4.69) is 15.7 Å². The third-order valence-electron chi connectivity index (χ3n) is 4.27. The van der Waals surface area contributed by atoms with Gasteiger partial charge in [0.2, 0.25) is 5.91 Å². The van der Waals surface area contributed by atoms with Gasteiger partial charge in [-0.1, -0.05) is 12.1 Å². The Labute approximate surface area is 147 Å². The summed E-state index contributed by atoms with van der Waals surface area (Å²) in [5.74, 6) is -0.0514. The summed E-state index contributed by atoms with van der Waals surface area (Å²) < 4.78 is 1.79. The smallest absolute Gasteiger partial charge is 0.317 e. The van der Waals surface area contributed by atoms with Crippen LogP contribution in [0.5, 0.6) is 0 Å². The largest absolute Gasteiger partial charge is 0.352 e. The minimum atomic E-state index is -0.0915. The Morgan fingerprint density at radius 1 is 1.28 bits per heavy atom. The third-order valence-corrected chi connectivity index (χ3v) is 4.27. The lowest BCUT2D eigenvalue weighted by atomic mass is 10.1. The molecule has 2 aromatic rings. The fourth-order valence-electron chi connectivity index (χ4n) is 3.04. The highest BCUT2D eigenvalue weighted by Gasteiger charge is 2.23. The Bertz CT molecular complexity index is 712. The van der Waals surface area contributed by atoms with E-state index in [0.29, 0.717) is 13.1 Å². The molecule has 3 amide bonds. The Hall–Kier alpha value is -2.83. The molecule has 7 heteroatoms. The SMILES string of the molecule is CC(=O)N[C@@H]1CCCN(C(=O)NCc2ccc(-n3cccn3)cc2)C1. The molecule has 1 atom stereocenters. The van der Waals surface area contributed by atoms with Crippen LogP contribution in [0, 0.1) is 0 Å². The second kappa shape index (κ2) is 7.83. The van der Waals surface area contributed by atoms with Crippen molar-refractivity contribution in [1.29, 1.82) is 0 Å². The van der Waals surface area contributed by atoms with E-state index in [1.54, 1.807) is 15.8 Å². The molecule has 0 spiro atoms. The van der Waals surface area contributed by atoms with Gasteiger partial charge >= 0.3 is 6.03 Å². The highest BCUT2D eigenvalue weighted by atomic mass is 16.2. The molecule has 0 saturated carbocycles. The second-order valence-corrected chi connectivity index (χ2v) is 6.26. The maximum atomic E-state index is 12.3. The summed E-state index contributed by atoms with van der Waals surface area (Å²) in [5, 5.41) is 10.0. The van der Waals surface area contributed by atoms with E-state index < -0.39 is 0 Å². The van der Waals surface area contributed by atoms with E-state index in [1.807, 2.05) is 36.5 Å². The summed E-state index contributed by atoms with van der Waals surface area (Å²) in [6, 6.07) is 9.74. The molecule has 0 unspecified atom stereocenters. The molecule has 132 valence electrons. The van der Waals surface area contributed by atoms with E-state index in [1.165, 1.54) is 6.92 Å². The average Bonchev–Trinajstić information content (AvgIpc) is 3.14. The summed E-state index contributed by atoms with van der Waals surface area (Å²) in [6.45, 7) is 3.26. The number of nitrogens with zero attached hydrogens (tertiary/aromatic N) is 3. The molecule has 1 aliphatic heterocycles. The van der Waals surface area contributed by atoms with Crippen molar-refractivity contribution in [3.63, 3.8) is 0 Å². The van der Waals surface area contributed by atoms with E-state index in [0.717, 1.165) is 30.6 Å². The monoisotopic (exact) mass is 341 g/mol. The van der Waals surface area contributed by atoms with Crippen LogP contribution in [0.2, 0.25) is 0 Å². The van der Waals surface area contributed by atoms with Gasteiger partial charge in [0.1, 0.15) is 0 Å². The molecule has 2 N–H and O–H groups in total. The van der Waals surface area contributed by atoms with Crippen molar-refractivity contribution in [2.24, 2.45) is 0 Å². The van der Waals surface area contributed by atoms with Crippen LogP contribution in [0.15, 0.2) is 42.7 Å². The summed E-state index contributed by atoms with van der Waals surface area (Å²) in [4.78, 5) is 25.3. The van der Waals surface area contributed by atoms with Gasteiger partial charge < -0.3 is 15.5 Å². The van der Waals surface area contributed by atoms with Crippen LogP contribution in [0.1, 0.15) is 25.3 Å². The number of likely N-dealkylation sites (tertiary alicyclic amines) is 1. The minimum absolute atomic E-state index is 0.0466. The normalized spacial score (nSPS) is 17.2. The molecule has 3 rings (SSSR count). The van der Waals surface area contributed by atoms with Gasteiger partial charge in [0.25, 0.3) is 0 Å². The summed E-state index contributed by atoms with van der Waals surface area (Å²) in [6.07, 6.45) is 5.44. The summed E-state index contributed by atoms with van der Waals surface area (Å²) in [7, 11) is 0. The number of urea groups is 1. The Morgan fingerprint density at radius 3 is 2.76 bits per heavy atom. The van der Waals surface area contributed by atoms with Gasteiger partial charge in [-0.15, -0.1) is 0 Å². The van der Waals surface area contributed by atoms with E-state index in [4.69, 9.17) is 0 Å². The van der Waals surface area contributed by atoms with E-state index in [9.17, 15) is 9.59 Å². The number of carbonyl (C=O) groups excluding carboxylic acids is 2. The number of nitrogens with one attached hydrogen (secondary N) is 2. The molecule has 2 heterocycles. The van der Waals surface area contributed by atoms with Gasteiger partial charge in [0.05, 0.1) is 5.69 Å². The fourth-order valence-corrected chi connectivity index (χ4v) is 3.04. The molecule has 1 aromatic heterocycles. The number of hydrogen-bond acceptors (Lipinski definition) is 3. The molecule has 1 fully saturated rings. The van der Waals surface area contributed by atoms with Gasteiger partial charge in [-0.2, -0.15) is 5.10 Å². The first-order valence-corrected chi connectivity index (χ1v) is 8.50. The van der Waals surface area contributed by atoms with Gasteiger partial charge in [0.15, 0.2) is 0 Å². The predicted molar refractivity (Wildman–Crippen MR) is 94.2 cm³/mol. The van der Waals surface area contributed by atoms with Gasteiger partial charge in [0, 0.05) is 45.0 Å². The molecule has 0 aliphatic carbocycles. The number of aromatic nitrogens is 2. The third kappa shape index (κ3) is 4.59. The topological polar surface area (TPSA) is 79.3 Å². The van der Waals surface area contributed by atoms with Crippen LogP contribution < -0.4 is 10.6 Å². The van der Waals surface area contributed by atoms with Gasteiger partial charge in [-0.3, -0.25) is 4.79 Å². The molecule has 7 nitrogen and oxygen atoms in total. The van der Waals surface area contributed by atoms with Gasteiger partial charge in [-0.25, -0.2) is 9.48 Å². The first kappa shape index (κ1) is 17.0. The van der Waals surface area contributed by atoms with Crippen LogP contribution in [-0.2, 0) is 11.3 Å². The van der Waals surface area contributed by atoms with Crippen molar-refractivity contribution in [3.8, 4) is 5.69 Å². The molecule has 0 bridgehead atoms. The average molecular weight is 341 g/mol. The van der Waals surface area contributed by atoms with Crippen LogP contribution in [0.4, 0.5) is 4.79 Å². The number of carbonyl (C=O) groups is 2. The predicted octanol–water partition coefficient (Wildman–Crippen LogP) is 1.68. The number of amides is 3. The van der Waals surface area contributed by atoms with Crippen molar-refractivity contribution in [1.82, 2.24) is 25.3 Å². The maximum absolute atomic E-state index is 12.3. The molecular weight excluding hydrogens is 318 g/mol. The number of rotatable bonds is 4. The molecule has 25 heavy (non-hydrogen) atoms. The Balaban J connectivity index is 1.51.